The highest BCUT2D eigenvalue weighted by Crippen LogP contribution is 2.06. The summed E-state index contributed by atoms with van der Waals surface area (Å²) in [5.74, 6) is -2.92. The van der Waals surface area contributed by atoms with Crippen molar-refractivity contribution in [1.82, 2.24) is 10.6 Å². The van der Waals surface area contributed by atoms with Gasteiger partial charge in [0.05, 0.1) is 0 Å². The molecule has 0 radical (unpaired) electrons. The molecule has 10 heteroatoms. The highest BCUT2D eigenvalue weighted by atomic mass is 32.1. The Hall–Kier alpha value is -1.81. The SMILES string of the molecule is CC(C)(C)OC(=O)CNC(=O)C(CS)NC(=O)CCC(N)C(=O)O. The number of aliphatic carboxylic acids is 1. The number of amides is 2. The van der Waals surface area contributed by atoms with E-state index in [1.54, 1.807) is 20.8 Å². The van der Waals surface area contributed by atoms with Crippen LogP contribution in [0.4, 0.5) is 0 Å². The van der Waals surface area contributed by atoms with Crippen molar-refractivity contribution < 1.29 is 29.0 Å². The molecule has 5 N–H and O–H groups in total. The fourth-order valence-corrected chi connectivity index (χ4v) is 1.79. The van der Waals surface area contributed by atoms with Gasteiger partial charge in [-0.05, 0) is 27.2 Å². The van der Waals surface area contributed by atoms with Crippen LogP contribution in [0.3, 0.4) is 0 Å². The number of thiol groups is 1. The van der Waals surface area contributed by atoms with Crippen LogP contribution in [-0.2, 0) is 23.9 Å². The van der Waals surface area contributed by atoms with Crippen molar-refractivity contribution in [3.8, 4) is 0 Å². The number of ether oxygens (including phenoxy) is 1. The number of hydrogen-bond acceptors (Lipinski definition) is 7. The number of carbonyl (C=O) groups is 4. The lowest BCUT2D eigenvalue weighted by molar-refractivity contribution is -0.154. The predicted molar refractivity (Wildman–Crippen MR) is 89.5 cm³/mol. The van der Waals surface area contributed by atoms with Crippen molar-refractivity contribution in [1.29, 1.82) is 0 Å². The first-order chi connectivity index (χ1) is 11.0. The number of carboxylic acids is 1. The van der Waals surface area contributed by atoms with Crippen molar-refractivity contribution in [2.45, 2.75) is 51.3 Å². The van der Waals surface area contributed by atoms with E-state index in [2.05, 4.69) is 23.3 Å². The van der Waals surface area contributed by atoms with Gasteiger partial charge in [-0.3, -0.25) is 19.2 Å². The van der Waals surface area contributed by atoms with E-state index in [9.17, 15) is 19.2 Å². The van der Waals surface area contributed by atoms with Gasteiger partial charge in [0, 0.05) is 12.2 Å². The number of nitrogens with one attached hydrogen (secondary N) is 2. The average molecular weight is 363 g/mol. The fraction of sp³-hybridized carbons (Fsp3) is 0.714. The van der Waals surface area contributed by atoms with Crippen molar-refractivity contribution >= 4 is 36.4 Å². The van der Waals surface area contributed by atoms with Gasteiger partial charge in [-0.2, -0.15) is 12.6 Å². The summed E-state index contributed by atoms with van der Waals surface area (Å²) in [5.41, 5.74) is 4.63. The molecule has 0 fully saturated rings. The first-order valence-electron chi connectivity index (χ1n) is 7.34. The van der Waals surface area contributed by atoms with Gasteiger partial charge in [0.2, 0.25) is 11.8 Å². The quantitative estimate of drug-likeness (QED) is 0.262. The van der Waals surface area contributed by atoms with Crippen LogP contribution < -0.4 is 16.4 Å². The third-order valence-corrected chi connectivity index (χ3v) is 3.03. The summed E-state index contributed by atoms with van der Waals surface area (Å²) in [5, 5.41) is 13.4. The van der Waals surface area contributed by atoms with E-state index in [0.717, 1.165) is 0 Å². The van der Waals surface area contributed by atoms with Crippen LogP contribution in [0.15, 0.2) is 0 Å². The summed E-state index contributed by atoms with van der Waals surface area (Å²) in [7, 11) is 0. The van der Waals surface area contributed by atoms with Crippen molar-refractivity contribution in [2.24, 2.45) is 5.73 Å². The molecule has 138 valence electrons. The summed E-state index contributed by atoms with van der Waals surface area (Å²) < 4.78 is 5.04. The number of nitrogens with two attached hydrogens (primary N) is 1. The zero-order valence-corrected chi connectivity index (χ0v) is 14.9. The Morgan fingerprint density at radius 1 is 1.25 bits per heavy atom. The lowest BCUT2D eigenvalue weighted by Crippen LogP contribution is -2.49. The van der Waals surface area contributed by atoms with E-state index < -0.39 is 41.4 Å². The molecule has 0 aromatic rings. The number of carboxylic acid groups (broad SMARTS) is 1. The minimum atomic E-state index is -1.20. The minimum Gasteiger partial charge on any atom is -0.480 e. The molecule has 2 atom stereocenters. The lowest BCUT2D eigenvalue weighted by Gasteiger charge is -2.20. The predicted octanol–water partition coefficient (Wildman–Crippen LogP) is -0.949. The van der Waals surface area contributed by atoms with Crippen LogP contribution in [-0.4, -0.2) is 58.8 Å². The maximum absolute atomic E-state index is 11.9. The van der Waals surface area contributed by atoms with Crippen molar-refractivity contribution in [3.05, 3.63) is 0 Å². The molecular formula is C14H25N3O6S. The molecule has 24 heavy (non-hydrogen) atoms. The maximum atomic E-state index is 11.9. The van der Waals surface area contributed by atoms with E-state index in [-0.39, 0.29) is 25.1 Å². The van der Waals surface area contributed by atoms with Crippen molar-refractivity contribution in [2.75, 3.05) is 12.3 Å². The number of hydrogen-bond donors (Lipinski definition) is 5. The lowest BCUT2D eigenvalue weighted by atomic mass is 10.1. The van der Waals surface area contributed by atoms with Gasteiger partial charge >= 0.3 is 11.9 Å². The smallest absolute Gasteiger partial charge is 0.325 e. The molecule has 0 saturated heterocycles. The second kappa shape index (κ2) is 10.1. The molecule has 2 amide bonds. The second-order valence-electron chi connectivity index (χ2n) is 6.09. The Kier molecular flexibility index (Phi) is 9.37. The van der Waals surface area contributed by atoms with Crippen LogP contribution in [0.5, 0.6) is 0 Å². The molecule has 0 heterocycles. The molecule has 0 spiro atoms. The topological polar surface area (TPSA) is 148 Å². The van der Waals surface area contributed by atoms with Gasteiger partial charge in [-0.1, -0.05) is 0 Å². The van der Waals surface area contributed by atoms with E-state index in [0.29, 0.717) is 0 Å². The molecule has 0 aromatic carbocycles. The molecule has 0 aliphatic heterocycles. The Bertz CT molecular complexity index is 478. The summed E-state index contributed by atoms with van der Waals surface area (Å²) in [6.07, 6.45) is -0.197. The van der Waals surface area contributed by atoms with E-state index in [1.807, 2.05) is 0 Å². The Balaban J connectivity index is 4.32. The molecule has 0 aliphatic carbocycles. The second-order valence-corrected chi connectivity index (χ2v) is 6.46. The number of carbonyl (C=O) groups excluding carboxylic acids is 3. The Morgan fingerprint density at radius 2 is 1.83 bits per heavy atom. The first kappa shape index (κ1) is 22.2. The number of esters is 1. The largest absolute Gasteiger partial charge is 0.480 e. The van der Waals surface area contributed by atoms with E-state index in [4.69, 9.17) is 15.6 Å². The zero-order valence-electron chi connectivity index (χ0n) is 14.0. The molecule has 9 nitrogen and oxygen atoms in total. The normalized spacial score (nSPS) is 13.5. The third kappa shape index (κ3) is 10.1. The van der Waals surface area contributed by atoms with Crippen molar-refractivity contribution in [3.63, 3.8) is 0 Å². The Morgan fingerprint density at radius 3 is 2.29 bits per heavy atom. The van der Waals surface area contributed by atoms with E-state index in [1.165, 1.54) is 0 Å². The maximum Gasteiger partial charge on any atom is 0.325 e. The molecule has 0 rings (SSSR count). The zero-order chi connectivity index (χ0) is 18.9. The van der Waals surface area contributed by atoms with Crippen LogP contribution in [0.1, 0.15) is 33.6 Å². The van der Waals surface area contributed by atoms with Gasteiger partial charge in [0.15, 0.2) is 0 Å². The third-order valence-electron chi connectivity index (χ3n) is 2.66. The summed E-state index contributed by atoms with van der Waals surface area (Å²) in [4.78, 5) is 45.7. The van der Waals surface area contributed by atoms with Gasteiger partial charge in [0.25, 0.3) is 0 Å². The minimum absolute atomic E-state index is 0.0108. The van der Waals surface area contributed by atoms with Crippen LogP contribution in [0.25, 0.3) is 0 Å². The summed E-state index contributed by atoms with van der Waals surface area (Å²) >= 11 is 3.97. The average Bonchev–Trinajstić information content (AvgIpc) is 2.45. The van der Waals surface area contributed by atoms with Crippen LogP contribution in [0, 0.1) is 0 Å². The van der Waals surface area contributed by atoms with Gasteiger partial charge < -0.3 is 26.2 Å². The van der Waals surface area contributed by atoms with Gasteiger partial charge in [0.1, 0.15) is 24.2 Å². The van der Waals surface area contributed by atoms with Gasteiger partial charge in [-0.25, -0.2) is 0 Å². The number of rotatable bonds is 9. The summed E-state index contributed by atoms with van der Waals surface area (Å²) in [6.45, 7) is 4.77. The first-order valence-corrected chi connectivity index (χ1v) is 7.97. The highest BCUT2D eigenvalue weighted by molar-refractivity contribution is 7.80. The molecule has 0 saturated carbocycles. The molecule has 2 unspecified atom stereocenters. The van der Waals surface area contributed by atoms with Crippen LogP contribution >= 0.6 is 12.6 Å². The van der Waals surface area contributed by atoms with Gasteiger partial charge in [-0.15, -0.1) is 0 Å². The standard InChI is InChI=1S/C14H25N3O6S/c1-14(2,3)23-11(19)6-16-12(20)9(7-24)17-10(18)5-4-8(15)13(21)22/h8-9,24H,4-7,15H2,1-3H3,(H,16,20)(H,17,18)(H,21,22). The molecular weight excluding hydrogens is 338 g/mol. The van der Waals surface area contributed by atoms with E-state index >= 15 is 0 Å². The fourth-order valence-electron chi connectivity index (χ4n) is 1.53. The van der Waals surface area contributed by atoms with Crippen LogP contribution in [0.2, 0.25) is 0 Å². The highest BCUT2D eigenvalue weighted by Gasteiger charge is 2.22. The molecule has 0 aliphatic rings. The summed E-state index contributed by atoms with van der Waals surface area (Å²) in [6, 6.07) is -2.10. The Labute approximate surface area is 146 Å². The molecule has 0 bridgehead atoms. The monoisotopic (exact) mass is 363 g/mol. The molecule has 0 aromatic heterocycles.